The standard InChI is InChI=1S/C13H18N4O3S/c1-20-11-8-10(9-14)2-3-12(11)21(18,19)17-5-4-13-15-6-7-16-13/h2-3,6-8,17H,4-5,9,14H2,1H3,(H,15,16). The van der Waals surface area contributed by atoms with Crippen LogP contribution >= 0.6 is 0 Å². The van der Waals surface area contributed by atoms with E-state index in [1.165, 1.54) is 13.2 Å². The Hall–Kier alpha value is -1.90. The molecule has 0 spiro atoms. The van der Waals surface area contributed by atoms with Crippen molar-refractivity contribution < 1.29 is 13.2 Å². The summed E-state index contributed by atoms with van der Waals surface area (Å²) >= 11 is 0. The quantitative estimate of drug-likeness (QED) is 0.685. The van der Waals surface area contributed by atoms with Crippen LogP contribution in [-0.2, 0) is 23.0 Å². The van der Waals surface area contributed by atoms with Crippen LogP contribution < -0.4 is 15.2 Å². The first-order valence-corrected chi connectivity index (χ1v) is 7.90. The predicted molar refractivity (Wildman–Crippen MR) is 78.4 cm³/mol. The van der Waals surface area contributed by atoms with Crippen LogP contribution in [0.15, 0.2) is 35.5 Å². The number of sulfonamides is 1. The summed E-state index contributed by atoms with van der Waals surface area (Å²) in [6.07, 6.45) is 3.80. The van der Waals surface area contributed by atoms with Gasteiger partial charge in [-0.2, -0.15) is 0 Å². The Bertz CT molecular complexity index is 683. The van der Waals surface area contributed by atoms with E-state index in [2.05, 4.69) is 14.7 Å². The fraction of sp³-hybridized carbons (Fsp3) is 0.308. The molecule has 0 bridgehead atoms. The van der Waals surface area contributed by atoms with Gasteiger partial charge in [-0.05, 0) is 17.7 Å². The average Bonchev–Trinajstić information content (AvgIpc) is 2.99. The van der Waals surface area contributed by atoms with Gasteiger partial charge in [-0.25, -0.2) is 18.1 Å². The molecule has 0 radical (unpaired) electrons. The minimum absolute atomic E-state index is 0.0987. The van der Waals surface area contributed by atoms with Crippen LogP contribution in [0.5, 0.6) is 5.75 Å². The van der Waals surface area contributed by atoms with Crippen molar-refractivity contribution in [2.75, 3.05) is 13.7 Å². The van der Waals surface area contributed by atoms with Gasteiger partial charge in [0, 0.05) is 31.9 Å². The molecule has 0 unspecified atom stereocenters. The molecule has 0 fully saturated rings. The second-order valence-electron chi connectivity index (χ2n) is 4.37. The number of nitrogens with two attached hydrogens (primary N) is 1. The van der Waals surface area contributed by atoms with E-state index in [0.29, 0.717) is 13.0 Å². The molecule has 1 heterocycles. The lowest BCUT2D eigenvalue weighted by Gasteiger charge is -2.11. The summed E-state index contributed by atoms with van der Waals surface area (Å²) in [6, 6.07) is 4.79. The van der Waals surface area contributed by atoms with E-state index in [9.17, 15) is 8.42 Å². The Labute approximate surface area is 123 Å². The van der Waals surface area contributed by atoms with Crippen LogP contribution in [0.1, 0.15) is 11.4 Å². The predicted octanol–water partition coefficient (Wildman–Crippen LogP) is 0.398. The third-order valence-corrected chi connectivity index (χ3v) is 4.46. The second kappa shape index (κ2) is 6.70. The first kappa shape index (κ1) is 15.5. The van der Waals surface area contributed by atoms with E-state index in [4.69, 9.17) is 10.5 Å². The van der Waals surface area contributed by atoms with Gasteiger partial charge in [-0.3, -0.25) is 0 Å². The highest BCUT2D eigenvalue weighted by Gasteiger charge is 2.19. The number of hydrogen-bond donors (Lipinski definition) is 3. The Morgan fingerprint density at radius 2 is 2.24 bits per heavy atom. The van der Waals surface area contributed by atoms with Gasteiger partial charge in [0.2, 0.25) is 10.0 Å². The molecule has 0 atom stereocenters. The van der Waals surface area contributed by atoms with Crippen molar-refractivity contribution in [3.8, 4) is 5.75 Å². The molecule has 0 aliphatic heterocycles. The summed E-state index contributed by atoms with van der Waals surface area (Å²) < 4.78 is 32.2. The van der Waals surface area contributed by atoms with Crippen LogP contribution in [-0.4, -0.2) is 32.0 Å². The molecule has 0 saturated heterocycles. The maximum Gasteiger partial charge on any atom is 0.244 e. The molecule has 0 aliphatic rings. The molecule has 4 N–H and O–H groups in total. The zero-order valence-electron chi connectivity index (χ0n) is 11.7. The van der Waals surface area contributed by atoms with Gasteiger partial charge in [0.25, 0.3) is 0 Å². The van der Waals surface area contributed by atoms with Gasteiger partial charge in [-0.15, -0.1) is 0 Å². The van der Waals surface area contributed by atoms with Crippen LogP contribution in [0.4, 0.5) is 0 Å². The first-order chi connectivity index (χ1) is 10.1. The molecule has 1 aromatic carbocycles. The maximum absolute atomic E-state index is 12.3. The normalized spacial score (nSPS) is 11.5. The molecule has 0 saturated carbocycles. The molecule has 8 heteroatoms. The fourth-order valence-electron chi connectivity index (χ4n) is 1.88. The third-order valence-electron chi connectivity index (χ3n) is 2.96. The van der Waals surface area contributed by atoms with E-state index in [0.717, 1.165) is 11.4 Å². The van der Waals surface area contributed by atoms with Crippen molar-refractivity contribution in [1.82, 2.24) is 14.7 Å². The maximum atomic E-state index is 12.3. The minimum Gasteiger partial charge on any atom is -0.495 e. The van der Waals surface area contributed by atoms with Crippen molar-refractivity contribution in [1.29, 1.82) is 0 Å². The van der Waals surface area contributed by atoms with Crippen molar-refractivity contribution in [2.45, 2.75) is 17.9 Å². The van der Waals surface area contributed by atoms with Crippen LogP contribution in [0, 0.1) is 0 Å². The molecule has 0 amide bonds. The number of imidazole rings is 1. The number of aromatic nitrogens is 2. The monoisotopic (exact) mass is 310 g/mol. The van der Waals surface area contributed by atoms with Crippen molar-refractivity contribution in [3.05, 3.63) is 42.0 Å². The lowest BCUT2D eigenvalue weighted by atomic mass is 10.2. The van der Waals surface area contributed by atoms with Crippen molar-refractivity contribution >= 4 is 10.0 Å². The molecule has 21 heavy (non-hydrogen) atoms. The number of benzene rings is 1. The van der Waals surface area contributed by atoms with Crippen LogP contribution in [0.25, 0.3) is 0 Å². The molecule has 114 valence electrons. The van der Waals surface area contributed by atoms with Crippen molar-refractivity contribution in [3.63, 3.8) is 0 Å². The third kappa shape index (κ3) is 3.81. The van der Waals surface area contributed by atoms with E-state index < -0.39 is 10.0 Å². The zero-order valence-corrected chi connectivity index (χ0v) is 12.5. The summed E-state index contributed by atoms with van der Waals surface area (Å²) in [5.74, 6) is 1.01. The van der Waals surface area contributed by atoms with Gasteiger partial charge in [0.1, 0.15) is 16.5 Å². The summed E-state index contributed by atoms with van der Waals surface area (Å²) in [4.78, 5) is 7.05. The lowest BCUT2D eigenvalue weighted by molar-refractivity contribution is 0.401. The second-order valence-corrected chi connectivity index (χ2v) is 6.11. The Balaban J connectivity index is 2.11. The van der Waals surface area contributed by atoms with Crippen LogP contribution in [0.3, 0.4) is 0 Å². The minimum atomic E-state index is -3.64. The highest BCUT2D eigenvalue weighted by molar-refractivity contribution is 7.89. The number of ether oxygens (including phenoxy) is 1. The smallest absolute Gasteiger partial charge is 0.244 e. The summed E-state index contributed by atoms with van der Waals surface area (Å²) in [5.41, 5.74) is 6.34. The van der Waals surface area contributed by atoms with E-state index in [1.807, 2.05) is 0 Å². The number of nitrogens with zero attached hydrogens (tertiary/aromatic N) is 1. The van der Waals surface area contributed by atoms with Gasteiger partial charge in [0.15, 0.2) is 0 Å². The fourth-order valence-corrected chi connectivity index (χ4v) is 3.06. The number of hydrogen-bond acceptors (Lipinski definition) is 5. The molecule has 2 aromatic rings. The SMILES string of the molecule is COc1cc(CN)ccc1S(=O)(=O)NCCc1ncc[nH]1. The summed E-state index contributed by atoms with van der Waals surface area (Å²) in [5, 5.41) is 0. The highest BCUT2D eigenvalue weighted by Crippen LogP contribution is 2.24. The highest BCUT2D eigenvalue weighted by atomic mass is 32.2. The Kier molecular flexibility index (Phi) is 4.94. The topological polar surface area (TPSA) is 110 Å². The first-order valence-electron chi connectivity index (χ1n) is 6.41. The lowest BCUT2D eigenvalue weighted by Crippen LogP contribution is -2.26. The molecule has 2 rings (SSSR count). The molecule has 0 aliphatic carbocycles. The summed E-state index contributed by atoms with van der Waals surface area (Å²) in [6.45, 7) is 0.570. The molecule has 1 aromatic heterocycles. The molecule has 7 nitrogen and oxygen atoms in total. The van der Waals surface area contributed by atoms with Crippen LogP contribution in [0.2, 0.25) is 0 Å². The van der Waals surface area contributed by atoms with E-state index in [-0.39, 0.29) is 17.2 Å². The van der Waals surface area contributed by atoms with E-state index >= 15 is 0 Å². The van der Waals surface area contributed by atoms with Gasteiger partial charge < -0.3 is 15.5 Å². The van der Waals surface area contributed by atoms with Gasteiger partial charge >= 0.3 is 0 Å². The molecular formula is C13H18N4O3S. The van der Waals surface area contributed by atoms with Crippen molar-refractivity contribution in [2.24, 2.45) is 5.73 Å². The number of H-pyrrole nitrogens is 1. The number of aromatic amines is 1. The Morgan fingerprint density at radius 3 is 2.86 bits per heavy atom. The Morgan fingerprint density at radius 1 is 1.43 bits per heavy atom. The largest absolute Gasteiger partial charge is 0.495 e. The molecular weight excluding hydrogens is 292 g/mol. The number of nitrogens with one attached hydrogen (secondary N) is 2. The average molecular weight is 310 g/mol. The summed E-state index contributed by atoms with van der Waals surface area (Å²) in [7, 11) is -2.21. The number of methoxy groups -OCH3 is 1. The van der Waals surface area contributed by atoms with E-state index in [1.54, 1.807) is 24.5 Å². The number of rotatable bonds is 7. The zero-order chi connectivity index (χ0) is 15.3. The van der Waals surface area contributed by atoms with Gasteiger partial charge in [-0.1, -0.05) is 6.07 Å². The van der Waals surface area contributed by atoms with Gasteiger partial charge in [0.05, 0.1) is 7.11 Å².